The van der Waals surface area contributed by atoms with Crippen molar-refractivity contribution in [1.82, 2.24) is 24.5 Å². The summed E-state index contributed by atoms with van der Waals surface area (Å²) in [7, 11) is 3.68. The topological polar surface area (TPSA) is 77.6 Å². The molecule has 1 aliphatic rings. The number of nitrogens with one attached hydrogen (secondary N) is 1. The minimum atomic E-state index is -0.177. The van der Waals surface area contributed by atoms with Gasteiger partial charge in [0.25, 0.3) is 0 Å². The van der Waals surface area contributed by atoms with E-state index in [4.69, 9.17) is 0 Å². The lowest BCUT2D eigenvalue weighted by atomic mass is 9.86. The predicted octanol–water partition coefficient (Wildman–Crippen LogP) is 2.34. The second-order valence-electron chi connectivity index (χ2n) is 6.00. The zero-order chi connectivity index (χ0) is 16.7. The molecule has 4 rings (SSSR count). The molecule has 24 heavy (non-hydrogen) atoms. The summed E-state index contributed by atoms with van der Waals surface area (Å²) in [6.07, 6.45) is 4.69. The van der Waals surface area contributed by atoms with Crippen molar-refractivity contribution in [1.29, 1.82) is 0 Å². The number of rotatable bonds is 3. The van der Waals surface area contributed by atoms with Crippen molar-refractivity contribution in [3.63, 3.8) is 0 Å². The number of hydrogen-bond acceptors (Lipinski definition) is 5. The van der Waals surface area contributed by atoms with Crippen LogP contribution in [-0.2, 0) is 25.3 Å². The summed E-state index contributed by atoms with van der Waals surface area (Å²) in [6.45, 7) is 0. The van der Waals surface area contributed by atoms with Crippen LogP contribution in [0.4, 0.5) is 5.95 Å². The van der Waals surface area contributed by atoms with Gasteiger partial charge in [0.05, 0.1) is 16.5 Å². The Hall–Kier alpha value is -2.48. The summed E-state index contributed by atoms with van der Waals surface area (Å²) < 4.78 is 3.40. The average molecular weight is 342 g/mol. The van der Waals surface area contributed by atoms with Gasteiger partial charge in [0.2, 0.25) is 11.9 Å². The molecule has 1 atom stereocenters. The Morgan fingerprint density at radius 2 is 2.25 bits per heavy atom. The number of thiophene rings is 1. The quantitative estimate of drug-likeness (QED) is 0.792. The highest BCUT2D eigenvalue weighted by molar-refractivity contribution is 7.13. The first kappa shape index (κ1) is 15.1. The maximum Gasteiger partial charge on any atom is 0.234 e. The van der Waals surface area contributed by atoms with Crippen molar-refractivity contribution in [2.45, 2.75) is 25.2 Å². The minimum absolute atomic E-state index is 0.0443. The van der Waals surface area contributed by atoms with E-state index in [9.17, 15) is 4.79 Å². The van der Waals surface area contributed by atoms with Crippen LogP contribution in [-0.4, -0.2) is 30.5 Å². The molecule has 0 bridgehead atoms. The first-order valence-electron chi connectivity index (χ1n) is 7.90. The molecule has 0 aromatic carbocycles. The fourth-order valence-electron chi connectivity index (χ4n) is 3.14. The second-order valence-corrected chi connectivity index (χ2v) is 6.95. The summed E-state index contributed by atoms with van der Waals surface area (Å²) in [5.74, 6) is 0.884. The molecule has 0 radical (unpaired) electrons. The standard InChI is InChI=1S/C16H18N6OS/c1-21-9-11-10(5-3-6-12(11)19-21)15(23)18-16-17-14(20-22(16)2)13-7-4-8-24-13/h4,7-10H,3,5-6H2,1-2H3,(H,17,18,20,23). The fraction of sp³-hybridized carbons (Fsp3) is 0.375. The number of hydrogen-bond donors (Lipinski definition) is 1. The number of fused-ring (bicyclic) bond motifs is 1. The van der Waals surface area contributed by atoms with Crippen molar-refractivity contribution < 1.29 is 4.79 Å². The van der Waals surface area contributed by atoms with Gasteiger partial charge in [0, 0.05) is 25.9 Å². The first-order valence-corrected chi connectivity index (χ1v) is 8.78. The Morgan fingerprint density at radius 1 is 1.38 bits per heavy atom. The van der Waals surface area contributed by atoms with E-state index in [1.165, 1.54) is 0 Å². The molecule has 1 unspecified atom stereocenters. The first-order chi connectivity index (χ1) is 11.6. The second kappa shape index (κ2) is 5.86. The monoisotopic (exact) mass is 342 g/mol. The lowest BCUT2D eigenvalue weighted by molar-refractivity contribution is -0.118. The number of anilines is 1. The van der Waals surface area contributed by atoms with E-state index in [0.29, 0.717) is 11.8 Å². The average Bonchev–Trinajstić information content (AvgIpc) is 3.26. The summed E-state index contributed by atoms with van der Waals surface area (Å²) >= 11 is 1.58. The van der Waals surface area contributed by atoms with Gasteiger partial charge in [-0.2, -0.15) is 10.1 Å². The number of aryl methyl sites for hydroxylation is 3. The molecule has 3 aromatic rings. The van der Waals surface area contributed by atoms with Crippen LogP contribution in [0, 0.1) is 0 Å². The molecule has 7 nitrogen and oxygen atoms in total. The highest BCUT2D eigenvalue weighted by atomic mass is 32.1. The number of carbonyl (C=O) groups is 1. The van der Waals surface area contributed by atoms with Crippen LogP contribution >= 0.6 is 11.3 Å². The van der Waals surface area contributed by atoms with Crippen LogP contribution in [0.1, 0.15) is 30.0 Å². The van der Waals surface area contributed by atoms with Crippen LogP contribution < -0.4 is 5.32 Å². The minimum Gasteiger partial charge on any atom is -0.294 e. The van der Waals surface area contributed by atoms with Crippen molar-refractivity contribution in [3.8, 4) is 10.7 Å². The highest BCUT2D eigenvalue weighted by Crippen LogP contribution is 2.32. The van der Waals surface area contributed by atoms with Crippen LogP contribution in [0.15, 0.2) is 23.7 Å². The largest absolute Gasteiger partial charge is 0.294 e. The lowest BCUT2D eigenvalue weighted by Crippen LogP contribution is -2.25. The molecule has 0 spiro atoms. The van der Waals surface area contributed by atoms with E-state index >= 15 is 0 Å². The molecule has 1 aliphatic carbocycles. The number of aromatic nitrogens is 5. The van der Waals surface area contributed by atoms with Gasteiger partial charge in [-0.3, -0.25) is 14.8 Å². The normalized spacial score (nSPS) is 16.8. The van der Waals surface area contributed by atoms with Gasteiger partial charge in [-0.1, -0.05) is 6.07 Å². The Balaban J connectivity index is 1.57. The molecular weight excluding hydrogens is 324 g/mol. The summed E-state index contributed by atoms with van der Waals surface area (Å²) in [5, 5.41) is 13.7. The van der Waals surface area contributed by atoms with Crippen molar-refractivity contribution in [2.24, 2.45) is 14.1 Å². The molecular formula is C16H18N6OS. The van der Waals surface area contributed by atoms with Crippen LogP contribution in [0.25, 0.3) is 10.7 Å². The highest BCUT2D eigenvalue weighted by Gasteiger charge is 2.29. The smallest absolute Gasteiger partial charge is 0.234 e. The third kappa shape index (κ3) is 2.62. The number of amides is 1. The molecule has 3 heterocycles. The molecule has 0 saturated heterocycles. The molecule has 1 N–H and O–H groups in total. The van der Waals surface area contributed by atoms with Crippen LogP contribution in [0.3, 0.4) is 0 Å². The molecule has 0 aliphatic heterocycles. The third-order valence-corrected chi connectivity index (χ3v) is 5.14. The Labute approximate surface area is 143 Å². The summed E-state index contributed by atoms with van der Waals surface area (Å²) in [6, 6.07) is 3.93. The predicted molar refractivity (Wildman–Crippen MR) is 91.8 cm³/mol. The maximum atomic E-state index is 12.8. The van der Waals surface area contributed by atoms with E-state index in [2.05, 4.69) is 20.5 Å². The van der Waals surface area contributed by atoms with Gasteiger partial charge in [-0.15, -0.1) is 16.4 Å². The number of nitrogens with zero attached hydrogens (tertiary/aromatic N) is 5. The summed E-state index contributed by atoms with van der Waals surface area (Å²) in [4.78, 5) is 18.2. The lowest BCUT2D eigenvalue weighted by Gasteiger charge is -2.20. The fourth-order valence-corrected chi connectivity index (χ4v) is 3.79. The molecule has 124 valence electrons. The molecule has 3 aromatic heterocycles. The zero-order valence-corrected chi connectivity index (χ0v) is 14.4. The molecule has 8 heteroatoms. The SMILES string of the molecule is Cn1cc2c(n1)CCCC2C(=O)Nc1nc(-c2cccs2)nn1C. The zero-order valence-electron chi connectivity index (χ0n) is 13.6. The van der Waals surface area contributed by atoms with Crippen molar-refractivity contribution in [3.05, 3.63) is 35.0 Å². The van der Waals surface area contributed by atoms with E-state index in [1.807, 2.05) is 30.8 Å². The van der Waals surface area contributed by atoms with Crippen molar-refractivity contribution >= 4 is 23.2 Å². The van der Waals surface area contributed by atoms with E-state index in [0.717, 1.165) is 35.4 Å². The van der Waals surface area contributed by atoms with Gasteiger partial charge in [-0.25, -0.2) is 4.68 Å². The van der Waals surface area contributed by atoms with E-state index in [-0.39, 0.29) is 11.8 Å². The third-order valence-electron chi connectivity index (χ3n) is 4.28. The van der Waals surface area contributed by atoms with Crippen LogP contribution in [0.5, 0.6) is 0 Å². The molecule has 1 amide bonds. The van der Waals surface area contributed by atoms with E-state index in [1.54, 1.807) is 27.7 Å². The van der Waals surface area contributed by atoms with E-state index < -0.39 is 0 Å². The van der Waals surface area contributed by atoms with Gasteiger partial charge in [0.1, 0.15) is 0 Å². The van der Waals surface area contributed by atoms with Gasteiger partial charge in [-0.05, 0) is 30.7 Å². The molecule has 0 saturated carbocycles. The Kier molecular flexibility index (Phi) is 3.68. The molecule has 0 fully saturated rings. The van der Waals surface area contributed by atoms with Gasteiger partial charge >= 0.3 is 0 Å². The Bertz CT molecular complexity index is 879. The van der Waals surface area contributed by atoms with Crippen LogP contribution in [0.2, 0.25) is 0 Å². The number of carbonyl (C=O) groups excluding carboxylic acids is 1. The maximum absolute atomic E-state index is 12.8. The van der Waals surface area contributed by atoms with Gasteiger partial charge in [0.15, 0.2) is 5.82 Å². The van der Waals surface area contributed by atoms with Gasteiger partial charge < -0.3 is 0 Å². The van der Waals surface area contributed by atoms with Crippen molar-refractivity contribution in [2.75, 3.05) is 5.32 Å². The summed E-state index contributed by atoms with van der Waals surface area (Å²) in [5.41, 5.74) is 2.06. The Morgan fingerprint density at radius 3 is 3.04 bits per heavy atom.